The predicted molar refractivity (Wildman–Crippen MR) is 252 cm³/mol. The minimum absolute atomic E-state index is 0.124. The maximum atomic E-state index is 5.90. The predicted octanol–water partition coefficient (Wildman–Crippen LogP) is 14.8. The molecular formula is C53H49BN2OP. The summed E-state index contributed by atoms with van der Waals surface area (Å²) in [5, 5.41) is 13.7. The summed E-state index contributed by atoms with van der Waals surface area (Å²) in [6, 6.07) is 62.0. The van der Waals surface area contributed by atoms with Gasteiger partial charge >= 0.3 is 0 Å². The summed E-state index contributed by atoms with van der Waals surface area (Å²) in [7, 11) is 2.45. The summed E-state index contributed by atoms with van der Waals surface area (Å²) in [4.78, 5) is 0. The second kappa shape index (κ2) is 18.0. The second-order valence-corrected chi connectivity index (χ2v) is 16.3. The maximum absolute atomic E-state index is 5.90. The lowest BCUT2D eigenvalue weighted by Gasteiger charge is -2.18. The van der Waals surface area contributed by atoms with Gasteiger partial charge in [-0.3, -0.25) is 0 Å². The Balaban J connectivity index is 0.000000166. The van der Waals surface area contributed by atoms with E-state index in [1.807, 2.05) is 56.3 Å². The number of fused-ring (bicyclic) bond motifs is 3. The van der Waals surface area contributed by atoms with Crippen molar-refractivity contribution in [2.45, 2.75) is 46.9 Å². The van der Waals surface area contributed by atoms with Gasteiger partial charge in [-0.2, -0.15) is 9.12 Å². The van der Waals surface area contributed by atoms with Crippen molar-refractivity contribution in [1.82, 2.24) is 10.2 Å². The molecular weight excluding hydrogens is 722 g/mol. The average Bonchev–Trinajstić information content (AvgIpc) is 3.75. The zero-order valence-corrected chi connectivity index (χ0v) is 35.4. The highest BCUT2D eigenvalue weighted by molar-refractivity contribution is 7.55. The Kier molecular flexibility index (Phi) is 12.5. The molecule has 0 saturated carbocycles. The number of benzene rings is 8. The van der Waals surface area contributed by atoms with Gasteiger partial charge in [0.1, 0.15) is 7.00 Å². The summed E-state index contributed by atoms with van der Waals surface area (Å²) in [6.45, 7) is 14.9. The smallest absolute Gasteiger partial charge is 0.248 e. The Bertz CT molecular complexity index is 2630. The van der Waals surface area contributed by atoms with Crippen molar-refractivity contribution in [2.75, 3.05) is 0 Å². The van der Waals surface area contributed by atoms with Crippen molar-refractivity contribution >= 4 is 37.7 Å². The van der Waals surface area contributed by atoms with Gasteiger partial charge in [-0.1, -0.05) is 179 Å². The summed E-state index contributed by atoms with van der Waals surface area (Å²) >= 11 is 0. The Morgan fingerprint density at radius 2 is 0.776 bits per heavy atom. The molecule has 58 heavy (non-hydrogen) atoms. The number of hydrogen-bond donors (Lipinski definition) is 0. The molecule has 1 atom stereocenters. The molecule has 1 aromatic heterocycles. The van der Waals surface area contributed by atoms with Crippen LogP contribution in [0.2, 0.25) is 6.82 Å². The number of aryl methyl sites for hydroxylation is 2. The molecule has 0 spiro atoms. The third kappa shape index (κ3) is 9.20. The normalized spacial score (nSPS) is 11.0. The third-order valence-electron chi connectivity index (χ3n) is 10.2. The zero-order valence-electron chi connectivity index (χ0n) is 34.2. The molecule has 0 bridgehead atoms. The van der Waals surface area contributed by atoms with E-state index in [0.29, 0.717) is 11.8 Å². The first kappa shape index (κ1) is 40.1. The fraction of sp³-hybridized carbons (Fsp3) is 0.132. The Labute approximate surface area is 346 Å². The van der Waals surface area contributed by atoms with Crippen molar-refractivity contribution in [3.8, 4) is 56.3 Å². The molecule has 1 unspecified atom stereocenters. The highest BCUT2D eigenvalue weighted by Gasteiger charge is 2.16. The summed E-state index contributed by atoms with van der Waals surface area (Å²) < 4.78 is 5.90. The molecule has 0 aliphatic carbocycles. The van der Waals surface area contributed by atoms with Crippen LogP contribution in [0.5, 0.6) is 0 Å². The van der Waals surface area contributed by atoms with Gasteiger partial charge in [0, 0.05) is 11.1 Å². The lowest BCUT2D eigenvalue weighted by molar-refractivity contribution is 0.582. The van der Waals surface area contributed by atoms with Gasteiger partial charge in [-0.05, 0) is 115 Å². The Morgan fingerprint density at radius 3 is 1.17 bits per heavy atom. The monoisotopic (exact) mass is 771 g/mol. The molecule has 0 aliphatic heterocycles. The molecule has 5 heteroatoms. The second-order valence-electron chi connectivity index (χ2n) is 15.6. The molecule has 285 valence electrons. The van der Waals surface area contributed by atoms with Gasteiger partial charge in [0.25, 0.3) is 0 Å². The molecule has 0 amide bonds. The maximum Gasteiger partial charge on any atom is 0.248 e. The molecule has 0 N–H and O–H groups in total. The topological polar surface area (TPSA) is 38.9 Å². The number of nitrogens with zero attached hydrogens (tertiary/aromatic N) is 2. The SMILES string of the molecule is CC(C)(C)c1ccc(-c2nnc(-c3ccc(-c4ccccc4)cc3)o2)cc1.C[B]P.Cc1cc(-c2ccccc2)c2ccc3c(-c4ccccc4)cc(C)cc3c2c1. The molecule has 8 aromatic carbocycles. The van der Waals surface area contributed by atoms with Gasteiger partial charge in [-0.25, -0.2) is 0 Å². The van der Waals surface area contributed by atoms with Crippen molar-refractivity contribution in [2.24, 2.45) is 0 Å². The highest BCUT2D eigenvalue weighted by Crippen LogP contribution is 2.39. The van der Waals surface area contributed by atoms with Crippen LogP contribution in [0.3, 0.4) is 0 Å². The van der Waals surface area contributed by atoms with Crippen molar-refractivity contribution in [3.05, 3.63) is 193 Å². The fourth-order valence-electron chi connectivity index (χ4n) is 7.28. The van der Waals surface area contributed by atoms with Crippen molar-refractivity contribution in [1.29, 1.82) is 0 Å². The number of hydrogen-bond acceptors (Lipinski definition) is 3. The fourth-order valence-corrected chi connectivity index (χ4v) is 7.28. The molecule has 0 fully saturated rings. The van der Waals surface area contributed by atoms with Crippen LogP contribution in [0.1, 0.15) is 37.5 Å². The van der Waals surface area contributed by atoms with Crippen molar-refractivity contribution in [3.63, 3.8) is 0 Å². The molecule has 0 aliphatic rings. The van der Waals surface area contributed by atoms with Crippen LogP contribution in [-0.2, 0) is 5.41 Å². The number of aromatic nitrogens is 2. The van der Waals surface area contributed by atoms with E-state index in [1.165, 1.54) is 66.1 Å². The molecule has 3 nitrogen and oxygen atoms in total. The zero-order chi connectivity index (χ0) is 40.6. The van der Waals surface area contributed by atoms with Crippen LogP contribution < -0.4 is 0 Å². The van der Waals surface area contributed by atoms with E-state index in [9.17, 15) is 0 Å². The lowest BCUT2D eigenvalue weighted by Crippen LogP contribution is -2.10. The van der Waals surface area contributed by atoms with E-state index in [0.717, 1.165) is 16.7 Å². The van der Waals surface area contributed by atoms with Crippen LogP contribution in [0, 0.1) is 13.8 Å². The van der Waals surface area contributed by atoms with Crippen LogP contribution in [0.15, 0.2) is 180 Å². The van der Waals surface area contributed by atoms with Gasteiger partial charge in [0.2, 0.25) is 11.8 Å². The van der Waals surface area contributed by atoms with Gasteiger partial charge < -0.3 is 4.42 Å². The van der Waals surface area contributed by atoms with Crippen LogP contribution in [0.4, 0.5) is 0 Å². The van der Waals surface area contributed by atoms with Gasteiger partial charge in [0.05, 0.1) is 0 Å². The van der Waals surface area contributed by atoms with E-state index in [2.05, 4.69) is 187 Å². The summed E-state index contributed by atoms with van der Waals surface area (Å²) in [5.41, 5.74) is 13.3. The number of rotatable bonds is 5. The minimum Gasteiger partial charge on any atom is -0.416 e. The Morgan fingerprint density at radius 1 is 0.431 bits per heavy atom. The first-order valence-corrected chi connectivity index (χ1v) is 20.5. The van der Waals surface area contributed by atoms with E-state index in [4.69, 9.17) is 4.42 Å². The largest absolute Gasteiger partial charge is 0.416 e. The highest BCUT2D eigenvalue weighted by atomic mass is 31.0. The van der Waals surface area contributed by atoms with E-state index in [-0.39, 0.29) is 5.41 Å². The molecule has 9 aromatic rings. The van der Waals surface area contributed by atoms with Gasteiger partial charge in [-0.15, -0.1) is 10.2 Å². The average molecular weight is 772 g/mol. The minimum atomic E-state index is 0.124. The molecule has 1 heterocycles. The van der Waals surface area contributed by atoms with Crippen LogP contribution in [-0.4, -0.2) is 17.2 Å². The molecule has 1 radical (unpaired) electrons. The van der Waals surface area contributed by atoms with E-state index >= 15 is 0 Å². The van der Waals surface area contributed by atoms with Crippen LogP contribution in [0.25, 0.3) is 77.8 Å². The van der Waals surface area contributed by atoms with Crippen molar-refractivity contribution < 1.29 is 4.42 Å². The van der Waals surface area contributed by atoms with E-state index in [1.54, 1.807) is 0 Å². The Hall–Kier alpha value is -6.09. The standard InChI is InChI=1S/C28H22.C24H22N2O.CH5BP/c1-19-15-25(21-9-5-3-6-10-21)23-13-14-24-26(22-11-7-4-8-12-22)16-20(2)18-28(24)27(23)17-19;1-24(2,3)21-15-13-20(14-16-21)23-26-25-22(27-23)19-11-9-18(10-12-19)17-7-5-4-6-8-17;1-2-3/h3-18H,1-2H3;4-16H,1-3H3;3H2,1H3. The van der Waals surface area contributed by atoms with E-state index < -0.39 is 0 Å². The van der Waals surface area contributed by atoms with Gasteiger partial charge in [0.15, 0.2) is 0 Å². The summed E-state index contributed by atoms with van der Waals surface area (Å²) in [5.74, 6) is 1.07. The molecule has 9 rings (SSSR count). The first-order chi connectivity index (χ1) is 28.1. The third-order valence-corrected chi connectivity index (χ3v) is 10.2. The quantitative estimate of drug-likeness (QED) is 0.0994. The first-order valence-electron chi connectivity index (χ1n) is 19.8. The van der Waals surface area contributed by atoms with Crippen LogP contribution >= 0.6 is 9.12 Å². The lowest BCUT2D eigenvalue weighted by atomic mass is 9.87. The summed E-state index contributed by atoms with van der Waals surface area (Å²) in [6.07, 6.45) is 0. The molecule has 0 saturated heterocycles.